The van der Waals surface area contributed by atoms with Crippen molar-refractivity contribution in [2.45, 2.75) is 0 Å². The van der Waals surface area contributed by atoms with E-state index in [0.717, 1.165) is 10.9 Å². The summed E-state index contributed by atoms with van der Waals surface area (Å²) in [5, 5.41) is 45.4. The van der Waals surface area contributed by atoms with Crippen molar-refractivity contribution in [1.82, 2.24) is 0 Å². The first-order chi connectivity index (χ1) is 9.99. The van der Waals surface area contributed by atoms with Crippen molar-refractivity contribution in [3.63, 3.8) is 0 Å². The number of hydrazone groups is 1. The minimum Gasteiger partial charge on any atom is -0.595 e. The summed E-state index contributed by atoms with van der Waals surface area (Å²) in [5.74, 6) is 0. The lowest BCUT2D eigenvalue weighted by molar-refractivity contribution is -0.996. The molecule has 0 saturated heterocycles. The van der Waals surface area contributed by atoms with Crippen LogP contribution in [0.5, 0.6) is 0 Å². The Bertz CT molecular complexity index is 616. The molecule has 2 aromatic rings. The predicted octanol–water partition coefficient (Wildman–Crippen LogP) is 0.0252. The van der Waals surface area contributed by atoms with Gasteiger partial charge in [0.1, 0.15) is 5.69 Å². The van der Waals surface area contributed by atoms with Crippen LogP contribution >= 0.6 is 11.3 Å². The topological polar surface area (TPSA) is 111 Å². The van der Waals surface area contributed by atoms with Crippen molar-refractivity contribution in [2.24, 2.45) is 5.10 Å². The maximum atomic E-state index is 11.3. The van der Waals surface area contributed by atoms with Crippen molar-refractivity contribution in [3.05, 3.63) is 51.0 Å². The second-order valence-electron chi connectivity index (χ2n) is 4.13. The molecule has 0 spiro atoms. The lowest BCUT2D eigenvalue weighted by atomic mass is 10.2. The number of nitrogens with one attached hydrogen (secondary N) is 2. The molecule has 0 saturated carbocycles. The zero-order valence-electron chi connectivity index (χ0n) is 11.1. The van der Waals surface area contributed by atoms with Crippen LogP contribution in [0.1, 0.15) is 4.88 Å². The van der Waals surface area contributed by atoms with E-state index in [2.05, 4.69) is 5.10 Å². The van der Waals surface area contributed by atoms with Crippen LogP contribution in [0.2, 0.25) is 0 Å². The zero-order chi connectivity index (χ0) is 15.4. The maximum Gasteiger partial charge on any atom is 0.195 e. The Morgan fingerprint density at radius 2 is 2.00 bits per heavy atom. The average Bonchev–Trinajstić information content (AvgIpc) is 2.97. The fraction of sp³-hybridized carbons (Fsp3) is 0.0833. The number of rotatable bonds is 5. The highest BCUT2D eigenvalue weighted by molar-refractivity contribution is 7.11. The first-order valence-electron chi connectivity index (χ1n) is 5.91. The molecule has 1 aromatic carbocycles. The van der Waals surface area contributed by atoms with Gasteiger partial charge in [0, 0.05) is 18.0 Å². The molecule has 8 nitrogen and oxygen atoms in total. The molecule has 0 aliphatic carbocycles. The second kappa shape index (κ2) is 6.74. The fourth-order valence-electron chi connectivity index (χ4n) is 1.69. The number of nitrogens with zero attached hydrogens (tertiary/aromatic N) is 2. The third kappa shape index (κ3) is 3.83. The van der Waals surface area contributed by atoms with Crippen LogP contribution in [0.4, 0.5) is 17.1 Å². The zero-order valence-corrected chi connectivity index (χ0v) is 11.9. The minimum absolute atomic E-state index is 0.0770. The first-order valence-corrected chi connectivity index (χ1v) is 6.79. The fourth-order valence-corrected chi connectivity index (χ4v) is 2.27. The van der Waals surface area contributed by atoms with Gasteiger partial charge in [0.2, 0.25) is 0 Å². The summed E-state index contributed by atoms with van der Waals surface area (Å²) in [6.45, 7) is 0. The number of hydrogen-bond donors (Lipinski definition) is 4. The quantitative estimate of drug-likeness (QED) is 0.460. The first kappa shape index (κ1) is 15.5. The highest BCUT2D eigenvalue weighted by Crippen LogP contribution is 2.24. The molecule has 0 aliphatic heterocycles. The van der Waals surface area contributed by atoms with Gasteiger partial charge in [-0.1, -0.05) is 6.07 Å². The molecule has 2 unspecified atom stereocenters. The van der Waals surface area contributed by atoms with E-state index < -0.39 is 10.5 Å². The molecule has 4 N–H and O–H groups in total. The maximum absolute atomic E-state index is 11.3. The Kier molecular flexibility index (Phi) is 4.98. The lowest BCUT2D eigenvalue weighted by Gasteiger charge is -2.21. The summed E-state index contributed by atoms with van der Waals surface area (Å²) in [6, 6.07) is 7.67. The van der Waals surface area contributed by atoms with Gasteiger partial charge < -0.3 is 10.4 Å². The number of anilines is 1. The smallest absolute Gasteiger partial charge is 0.195 e. The molecule has 0 amide bonds. The van der Waals surface area contributed by atoms with E-state index in [9.17, 15) is 15.6 Å². The van der Waals surface area contributed by atoms with Gasteiger partial charge in [0.15, 0.2) is 11.4 Å². The SMILES string of the molecule is CN(/N=C/c1cccs1)c1ccc([NH+]([O-])O)cc1[NH+]([O-])O. The number of hydrogen-bond acceptors (Lipinski definition) is 7. The largest absolute Gasteiger partial charge is 0.595 e. The van der Waals surface area contributed by atoms with Crippen LogP contribution in [0.15, 0.2) is 40.8 Å². The Hall–Kier alpha value is -1.85. The van der Waals surface area contributed by atoms with Crippen molar-refractivity contribution in [1.29, 1.82) is 0 Å². The lowest BCUT2D eigenvalue weighted by Crippen LogP contribution is -3.00. The van der Waals surface area contributed by atoms with Gasteiger partial charge >= 0.3 is 0 Å². The van der Waals surface area contributed by atoms with Gasteiger partial charge in [-0.15, -0.1) is 11.3 Å². The van der Waals surface area contributed by atoms with E-state index in [-0.39, 0.29) is 11.4 Å². The molecule has 21 heavy (non-hydrogen) atoms. The van der Waals surface area contributed by atoms with Crippen molar-refractivity contribution < 1.29 is 20.9 Å². The average molecular weight is 310 g/mol. The third-order valence-electron chi connectivity index (χ3n) is 2.72. The van der Waals surface area contributed by atoms with Gasteiger partial charge in [-0.3, -0.25) is 5.01 Å². The van der Waals surface area contributed by atoms with Gasteiger partial charge in [-0.2, -0.15) is 15.6 Å². The molecule has 2 rings (SSSR count). The molecular weight excluding hydrogens is 296 g/mol. The van der Waals surface area contributed by atoms with Crippen LogP contribution in [0.25, 0.3) is 0 Å². The van der Waals surface area contributed by atoms with E-state index in [1.54, 1.807) is 13.3 Å². The molecular formula is C12H14N4O4S. The standard InChI is InChI=1S/C12H14N4O4S/c1-14(13-8-10-3-2-6-21-10)11-5-4-9(15(17)18)7-12(11)16(19)20/h2-8,15-17,19H,1H3/b13-8+. The van der Waals surface area contributed by atoms with Crippen LogP contribution < -0.4 is 15.5 Å². The van der Waals surface area contributed by atoms with Crippen LogP contribution in [-0.4, -0.2) is 23.7 Å². The summed E-state index contributed by atoms with van der Waals surface area (Å²) in [6.07, 6.45) is 1.61. The molecule has 9 heteroatoms. The Balaban J connectivity index is 2.29. The highest BCUT2D eigenvalue weighted by Gasteiger charge is 2.16. The van der Waals surface area contributed by atoms with Crippen molar-refractivity contribution in [2.75, 3.05) is 12.1 Å². The summed E-state index contributed by atoms with van der Waals surface area (Å²) in [4.78, 5) is 0.931. The van der Waals surface area contributed by atoms with Crippen LogP contribution in [-0.2, 0) is 0 Å². The van der Waals surface area contributed by atoms with E-state index in [4.69, 9.17) is 5.21 Å². The van der Waals surface area contributed by atoms with Crippen molar-refractivity contribution in [3.8, 4) is 0 Å². The molecule has 1 aromatic heterocycles. The Morgan fingerprint density at radius 3 is 2.57 bits per heavy atom. The number of benzene rings is 1. The second-order valence-corrected chi connectivity index (χ2v) is 5.11. The molecule has 2 atom stereocenters. The molecule has 1 heterocycles. The van der Waals surface area contributed by atoms with Crippen LogP contribution in [0.3, 0.4) is 0 Å². The summed E-state index contributed by atoms with van der Waals surface area (Å²) >= 11 is 1.51. The molecule has 0 aliphatic rings. The normalized spacial score (nSPS) is 14.3. The van der Waals surface area contributed by atoms with E-state index in [1.807, 2.05) is 17.5 Å². The number of quaternary nitrogens is 2. The van der Waals surface area contributed by atoms with Crippen molar-refractivity contribution >= 4 is 34.6 Å². The Morgan fingerprint density at radius 1 is 1.24 bits per heavy atom. The predicted molar refractivity (Wildman–Crippen MR) is 78.3 cm³/mol. The molecule has 0 fully saturated rings. The van der Waals surface area contributed by atoms with E-state index in [1.165, 1.54) is 28.5 Å². The summed E-state index contributed by atoms with van der Waals surface area (Å²) in [7, 11) is 1.60. The highest BCUT2D eigenvalue weighted by atomic mass is 32.1. The molecule has 0 radical (unpaired) electrons. The summed E-state index contributed by atoms with van der Waals surface area (Å²) < 4.78 is 0. The Labute approximate surface area is 124 Å². The molecule has 0 bridgehead atoms. The van der Waals surface area contributed by atoms with Crippen LogP contribution in [0, 0.1) is 10.4 Å². The van der Waals surface area contributed by atoms with Gasteiger partial charge in [-0.05, 0) is 17.5 Å². The number of thiophene rings is 1. The third-order valence-corrected chi connectivity index (χ3v) is 3.53. The minimum atomic E-state index is -1.20. The molecule has 112 valence electrons. The van der Waals surface area contributed by atoms with E-state index >= 15 is 0 Å². The summed E-state index contributed by atoms with van der Waals surface area (Å²) in [5.41, 5.74) is 0.132. The van der Waals surface area contributed by atoms with Gasteiger partial charge in [0.25, 0.3) is 0 Å². The van der Waals surface area contributed by atoms with Gasteiger partial charge in [0.05, 0.1) is 12.3 Å². The monoisotopic (exact) mass is 310 g/mol. The van der Waals surface area contributed by atoms with Gasteiger partial charge in [-0.25, -0.2) is 10.4 Å². The van der Waals surface area contributed by atoms with E-state index in [0.29, 0.717) is 5.69 Å².